The molecule has 0 radical (unpaired) electrons. The lowest BCUT2D eigenvalue weighted by Gasteiger charge is -2.33. The summed E-state index contributed by atoms with van der Waals surface area (Å²) in [6, 6.07) is 12.0. The number of carbonyl (C=O) groups excluding carboxylic acids is 1. The van der Waals surface area contributed by atoms with Gasteiger partial charge in [0.2, 0.25) is 11.8 Å². The predicted molar refractivity (Wildman–Crippen MR) is 109 cm³/mol. The molecule has 1 aliphatic rings. The second kappa shape index (κ2) is 9.15. The molecule has 1 aromatic heterocycles. The standard InChI is InChI=1S/C22H22F2N4O2/c23-17-6-4-16(5-7-17)20-13-25-22(30-20)15-28-10-8-27(9-11-28)14-21(29)26-19-3-1-2-18(24)12-19/h1-7,12-13H,8-11,14-15H2,(H,26,29). The van der Waals surface area contributed by atoms with E-state index in [1.165, 1.54) is 24.3 Å². The van der Waals surface area contributed by atoms with Crippen molar-refractivity contribution >= 4 is 11.6 Å². The van der Waals surface area contributed by atoms with Crippen molar-refractivity contribution in [3.63, 3.8) is 0 Å². The monoisotopic (exact) mass is 412 g/mol. The summed E-state index contributed by atoms with van der Waals surface area (Å²) in [5.41, 5.74) is 1.24. The van der Waals surface area contributed by atoms with Crippen molar-refractivity contribution in [3.8, 4) is 11.3 Å². The number of nitrogens with one attached hydrogen (secondary N) is 1. The highest BCUT2D eigenvalue weighted by atomic mass is 19.1. The summed E-state index contributed by atoms with van der Waals surface area (Å²) in [5.74, 6) is 0.381. The first-order valence-electron chi connectivity index (χ1n) is 9.76. The molecule has 0 atom stereocenters. The number of rotatable bonds is 6. The van der Waals surface area contributed by atoms with Gasteiger partial charge in [0.25, 0.3) is 0 Å². The number of oxazole rings is 1. The number of aromatic nitrogens is 1. The number of amides is 1. The van der Waals surface area contributed by atoms with Gasteiger partial charge in [0.1, 0.15) is 11.6 Å². The summed E-state index contributed by atoms with van der Waals surface area (Å²) in [6.45, 7) is 3.87. The minimum absolute atomic E-state index is 0.161. The molecule has 1 aliphatic heterocycles. The number of hydrogen-bond donors (Lipinski definition) is 1. The number of piperazine rings is 1. The molecule has 1 fully saturated rings. The molecule has 3 aromatic rings. The molecular formula is C22H22F2N4O2. The van der Waals surface area contributed by atoms with E-state index in [0.717, 1.165) is 31.7 Å². The van der Waals surface area contributed by atoms with Crippen LogP contribution in [0.2, 0.25) is 0 Å². The summed E-state index contributed by atoms with van der Waals surface area (Å²) in [6.07, 6.45) is 1.65. The Morgan fingerprint density at radius 2 is 1.73 bits per heavy atom. The predicted octanol–water partition coefficient (Wildman–Crippen LogP) is 3.38. The molecule has 8 heteroatoms. The topological polar surface area (TPSA) is 61.6 Å². The van der Waals surface area contributed by atoms with Crippen molar-refractivity contribution in [2.75, 3.05) is 38.0 Å². The van der Waals surface area contributed by atoms with Gasteiger partial charge in [-0.2, -0.15) is 0 Å². The molecule has 2 heterocycles. The third-order valence-corrected chi connectivity index (χ3v) is 4.98. The van der Waals surface area contributed by atoms with Gasteiger partial charge in [-0.3, -0.25) is 14.6 Å². The van der Waals surface area contributed by atoms with E-state index in [1.807, 2.05) is 0 Å². The second-order valence-corrected chi connectivity index (χ2v) is 7.24. The van der Waals surface area contributed by atoms with Gasteiger partial charge in [-0.15, -0.1) is 0 Å². The van der Waals surface area contributed by atoms with Gasteiger partial charge >= 0.3 is 0 Å². The lowest BCUT2D eigenvalue weighted by Crippen LogP contribution is -2.48. The van der Waals surface area contributed by atoms with Gasteiger partial charge in [0, 0.05) is 37.4 Å². The molecule has 0 bridgehead atoms. The summed E-state index contributed by atoms with van der Waals surface area (Å²) >= 11 is 0. The number of anilines is 1. The van der Waals surface area contributed by atoms with E-state index in [2.05, 4.69) is 20.1 Å². The summed E-state index contributed by atoms with van der Waals surface area (Å²) in [7, 11) is 0. The third kappa shape index (κ3) is 5.28. The summed E-state index contributed by atoms with van der Waals surface area (Å²) < 4.78 is 32.1. The van der Waals surface area contributed by atoms with Crippen molar-refractivity contribution in [3.05, 3.63) is 72.3 Å². The Labute approximate surface area is 173 Å². The van der Waals surface area contributed by atoms with E-state index in [-0.39, 0.29) is 24.1 Å². The molecule has 156 valence electrons. The Bertz CT molecular complexity index is 998. The zero-order chi connectivity index (χ0) is 20.9. The highest BCUT2D eigenvalue weighted by Crippen LogP contribution is 2.21. The van der Waals surface area contributed by atoms with E-state index < -0.39 is 0 Å². The summed E-state index contributed by atoms with van der Waals surface area (Å²) in [5, 5.41) is 2.72. The number of hydrogen-bond acceptors (Lipinski definition) is 5. The van der Waals surface area contributed by atoms with E-state index in [4.69, 9.17) is 4.42 Å². The van der Waals surface area contributed by atoms with Crippen molar-refractivity contribution in [2.45, 2.75) is 6.54 Å². The molecule has 0 unspecified atom stereocenters. The molecule has 1 amide bonds. The largest absolute Gasteiger partial charge is 0.439 e. The van der Waals surface area contributed by atoms with Gasteiger partial charge in [0.15, 0.2) is 5.76 Å². The lowest BCUT2D eigenvalue weighted by atomic mass is 10.2. The average Bonchev–Trinajstić information content (AvgIpc) is 3.18. The van der Waals surface area contributed by atoms with Gasteiger partial charge in [-0.1, -0.05) is 6.07 Å². The molecule has 6 nitrogen and oxygen atoms in total. The molecule has 0 aliphatic carbocycles. The van der Waals surface area contributed by atoms with Crippen molar-refractivity contribution in [2.24, 2.45) is 0 Å². The van der Waals surface area contributed by atoms with Gasteiger partial charge < -0.3 is 9.73 Å². The summed E-state index contributed by atoms with van der Waals surface area (Å²) in [4.78, 5) is 20.8. The van der Waals surface area contributed by atoms with Gasteiger partial charge in [-0.05, 0) is 42.5 Å². The fourth-order valence-corrected chi connectivity index (χ4v) is 3.40. The minimum atomic E-state index is -0.379. The zero-order valence-corrected chi connectivity index (χ0v) is 16.4. The van der Waals surface area contributed by atoms with Gasteiger partial charge in [-0.25, -0.2) is 13.8 Å². The number of nitrogens with zero attached hydrogens (tertiary/aromatic N) is 3. The fourth-order valence-electron chi connectivity index (χ4n) is 3.40. The molecule has 0 saturated carbocycles. The molecule has 2 aromatic carbocycles. The maximum absolute atomic E-state index is 13.2. The number of halogens is 2. The first-order chi connectivity index (χ1) is 14.5. The van der Waals surface area contributed by atoms with Crippen molar-refractivity contribution in [1.82, 2.24) is 14.8 Å². The molecule has 0 spiro atoms. The SMILES string of the molecule is O=C(CN1CCN(Cc2ncc(-c3ccc(F)cc3)o2)CC1)Nc1cccc(F)c1. The van der Waals surface area contributed by atoms with Crippen LogP contribution in [-0.2, 0) is 11.3 Å². The maximum atomic E-state index is 13.2. The van der Waals surface area contributed by atoms with Crippen LogP contribution in [0.5, 0.6) is 0 Å². The van der Waals surface area contributed by atoms with Crippen LogP contribution in [0.15, 0.2) is 59.1 Å². The van der Waals surface area contributed by atoms with Crippen LogP contribution in [0, 0.1) is 11.6 Å². The molecule has 1 saturated heterocycles. The highest BCUT2D eigenvalue weighted by molar-refractivity contribution is 5.92. The minimum Gasteiger partial charge on any atom is -0.439 e. The Morgan fingerprint density at radius 1 is 1.00 bits per heavy atom. The van der Waals surface area contributed by atoms with Crippen LogP contribution in [0.1, 0.15) is 5.89 Å². The first kappa shape index (κ1) is 20.2. The van der Waals surface area contributed by atoms with Crippen LogP contribution in [0.25, 0.3) is 11.3 Å². The lowest BCUT2D eigenvalue weighted by molar-refractivity contribution is -0.117. The van der Waals surface area contributed by atoms with Crippen LogP contribution < -0.4 is 5.32 Å². The fraction of sp³-hybridized carbons (Fsp3) is 0.273. The Kier molecular flexibility index (Phi) is 6.15. The van der Waals surface area contributed by atoms with E-state index in [9.17, 15) is 13.6 Å². The van der Waals surface area contributed by atoms with Gasteiger partial charge in [0.05, 0.1) is 19.3 Å². The van der Waals surface area contributed by atoms with E-state index in [0.29, 0.717) is 23.9 Å². The molecular weight excluding hydrogens is 390 g/mol. The maximum Gasteiger partial charge on any atom is 0.238 e. The van der Waals surface area contributed by atoms with Crippen LogP contribution in [-0.4, -0.2) is 53.4 Å². The normalized spacial score (nSPS) is 15.3. The Morgan fingerprint density at radius 3 is 2.47 bits per heavy atom. The van der Waals surface area contributed by atoms with Crippen molar-refractivity contribution in [1.29, 1.82) is 0 Å². The smallest absolute Gasteiger partial charge is 0.238 e. The van der Waals surface area contributed by atoms with E-state index in [1.54, 1.807) is 30.5 Å². The van der Waals surface area contributed by atoms with Crippen LogP contribution >= 0.6 is 0 Å². The number of benzene rings is 2. The van der Waals surface area contributed by atoms with Crippen LogP contribution in [0.4, 0.5) is 14.5 Å². The molecule has 4 rings (SSSR count). The highest BCUT2D eigenvalue weighted by Gasteiger charge is 2.20. The quantitative estimate of drug-likeness (QED) is 0.673. The third-order valence-electron chi connectivity index (χ3n) is 4.98. The molecule has 30 heavy (non-hydrogen) atoms. The number of carbonyl (C=O) groups is 1. The Balaban J connectivity index is 1.24. The average molecular weight is 412 g/mol. The second-order valence-electron chi connectivity index (χ2n) is 7.24. The van der Waals surface area contributed by atoms with Crippen molar-refractivity contribution < 1.29 is 18.0 Å². The van der Waals surface area contributed by atoms with E-state index >= 15 is 0 Å². The zero-order valence-electron chi connectivity index (χ0n) is 16.4. The van der Waals surface area contributed by atoms with Crippen LogP contribution in [0.3, 0.4) is 0 Å². The Hall–Kier alpha value is -3.10. The first-order valence-corrected chi connectivity index (χ1v) is 9.76. The molecule has 1 N–H and O–H groups in total.